The van der Waals surface area contributed by atoms with Crippen LogP contribution in [-0.4, -0.2) is 16.4 Å². The number of rotatable bonds is 4. The molecule has 1 aromatic carbocycles. The summed E-state index contributed by atoms with van der Waals surface area (Å²) in [5.74, 6) is -1.18. The van der Waals surface area contributed by atoms with Gasteiger partial charge in [-0.1, -0.05) is 18.2 Å². The number of ketones is 1. The summed E-state index contributed by atoms with van der Waals surface area (Å²) in [6, 6.07) is 6.58. The van der Waals surface area contributed by atoms with Gasteiger partial charge >= 0.3 is 11.1 Å². The third-order valence-electron chi connectivity index (χ3n) is 2.82. The minimum atomic E-state index is -4.41. The molecule has 126 valence electrons. The van der Waals surface area contributed by atoms with Gasteiger partial charge in [0.1, 0.15) is 17.1 Å². The topological polar surface area (TPSA) is 67.5 Å². The average Bonchev–Trinajstić information content (AvgIpc) is 2.42. The van der Waals surface area contributed by atoms with Crippen LogP contribution in [-0.2, 0) is 0 Å². The predicted molar refractivity (Wildman–Crippen MR) is 83.1 cm³/mol. The summed E-state index contributed by atoms with van der Waals surface area (Å²) in [6.45, 7) is 1.44. The molecule has 0 aliphatic heterocycles. The molecule has 1 N–H and O–H groups in total. The van der Waals surface area contributed by atoms with Gasteiger partial charge in [-0.15, -0.1) is 0 Å². The number of carbonyl (C=O) groups excluding carboxylic acids is 1. The molecule has 2 rings (SSSR count). The Morgan fingerprint density at radius 1 is 1.29 bits per heavy atom. The molecule has 1 heterocycles. The van der Waals surface area contributed by atoms with E-state index in [1.165, 1.54) is 37.3 Å². The lowest BCUT2D eigenvalue weighted by atomic mass is 10.1. The summed E-state index contributed by atoms with van der Waals surface area (Å²) in [7, 11) is 0. The van der Waals surface area contributed by atoms with E-state index in [2.05, 4.69) is 0 Å². The molecule has 0 atom stereocenters. The SMILES string of the molecule is Cc1cc(O)c(C(=O)C=Cc2cccc(SC(F)(F)F)c2)c(=O)o1. The Morgan fingerprint density at radius 2 is 2.00 bits per heavy atom. The van der Waals surface area contributed by atoms with E-state index in [0.29, 0.717) is 5.56 Å². The van der Waals surface area contributed by atoms with Crippen LogP contribution in [0.4, 0.5) is 13.2 Å². The summed E-state index contributed by atoms with van der Waals surface area (Å²) in [4.78, 5) is 23.6. The van der Waals surface area contributed by atoms with E-state index >= 15 is 0 Å². The number of hydrogen-bond acceptors (Lipinski definition) is 5. The molecule has 0 bridgehead atoms. The fourth-order valence-electron chi connectivity index (χ4n) is 1.89. The Labute approximate surface area is 138 Å². The first-order chi connectivity index (χ1) is 11.2. The first-order valence-electron chi connectivity index (χ1n) is 6.57. The Hall–Kier alpha value is -2.48. The van der Waals surface area contributed by atoms with E-state index in [9.17, 15) is 27.9 Å². The van der Waals surface area contributed by atoms with Gasteiger partial charge in [-0.05, 0) is 42.5 Å². The van der Waals surface area contributed by atoms with E-state index in [-0.39, 0.29) is 22.4 Å². The van der Waals surface area contributed by atoms with Crippen molar-refractivity contribution in [1.82, 2.24) is 0 Å². The fourth-order valence-corrected chi connectivity index (χ4v) is 2.50. The lowest BCUT2D eigenvalue weighted by Gasteiger charge is -2.05. The minimum Gasteiger partial charge on any atom is -0.507 e. The summed E-state index contributed by atoms with van der Waals surface area (Å²) in [5.41, 5.74) is -5.58. The number of aryl methyl sites for hydroxylation is 1. The second-order valence-corrected chi connectivity index (χ2v) is 5.86. The normalized spacial score (nSPS) is 11.8. The summed E-state index contributed by atoms with van der Waals surface area (Å²) in [6.07, 6.45) is 2.24. The number of alkyl halides is 3. The number of halogens is 3. The molecule has 0 unspecified atom stereocenters. The molecule has 0 spiro atoms. The van der Waals surface area contributed by atoms with E-state index in [1.807, 2.05) is 0 Å². The molecule has 1 aromatic heterocycles. The molecular weight excluding hydrogens is 345 g/mol. The number of thioether (sulfide) groups is 1. The zero-order valence-electron chi connectivity index (χ0n) is 12.3. The lowest BCUT2D eigenvalue weighted by Crippen LogP contribution is -2.12. The highest BCUT2D eigenvalue weighted by Gasteiger charge is 2.29. The molecular formula is C16H11F3O4S. The van der Waals surface area contributed by atoms with Crippen molar-refractivity contribution in [2.75, 3.05) is 0 Å². The Morgan fingerprint density at radius 3 is 2.62 bits per heavy atom. The largest absolute Gasteiger partial charge is 0.507 e. The van der Waals surface area contributed by atoms with Crippen molar-refractivity contribution in [1.29, 1.82) is 0 Å². The summed E-state index contributed by atoms with van der Waals surface area (Å²) in [5, 5.41) is 9.67. The molecule has 4 nitrogen and oxygen atoms in total. The van der Waals surface area contributed by atoms with Crippen LogP contribution in [0.2, 0.25) is 0 Å². The van der Waals surface area contributed by atoms with Crippen LogP contribution in [0.25, 0.3) is 6.08 Å². The van der Waals surface area contributed by atoms with Crippen molar-refractivity contribution in [3.8, 4) is 5.75 Å². The molecule has 0 saturated heterocycles. The maximum absolute atomic E-state index is 12.3. The van der Waals surface area contributed by atoms with Gasteiger partial charge in [-0.3, -0.25) is 4.79 Å². The molecule has 0 amide bonds. The number of aromatic hydroxyl groups is 1. The van der Waals surface area contributed by atoms with E-state index < -0.39 is 28.2 Å². The van der Waals surface area contributed by atoms with Gasteiger partial charge in [-0.2, -0.15) is 13.2 Å². The number of allylic oxidation sites excluding steroid dienone is 1. The van der Waals surface area contributed by atoms with E-state index in [4.69, 9.17) is 4.42 Å². The van der Waals surface area contributed by atoms with Gasteiger partial charge in [0.2, 0.25) is 0 Å². The van der Waals surface area contributed by atoms with Crippen molar-refractivity contribution in [2.24, 2.45) is 0 Å². The van der Waals surface area contributed by atoms with Crippen LogP contribution in [0.3, 0.4) is 0 Å². The van der Waals surface area contributed by atoms with Crippen LogP contribution >= 0.6 is 11.8 Å². The van der Waals surface area contributed by atoms with Crippen LogP contribution in [0.15, 0.2) is 50.5 Å². The van der Waals surface area contributed by atoms with Gasteiger partial charge < -0.3 is 9.52 Å². The first-order valence-corrected chi connectivity index (χ1v) is 7.39. The Bertz CT molecular complexity index is 853. The van der Waals surface area contributed by atoms with Crippen LogP contribution in [0.1, 0.15) is 21.7 Å². The molecule has 0 aliphatic rings. The van der Waals surface area contributed by atoms with Crippen LogP contribution in [0.5, 0.6) is 5.75 Å². The number of carbonyl (C=O) groups is 1. The molecule has 24 heavy (non-hydrogen) atoms. The van der Waals surface area contributed by atoms with Gasteiger partial charge in [0, 0.05) is 11.0 Å². The zero-order valence-corrected chi connectivity index (χ0v) is 13.1. The Kier molecular flexibility index (Phi) is 5.18. The quantitative estimate of drug-likeness (QED) is 0.506. The van der Waals surface area contributed by atoms with Crippen molar-refractivity contribution < 1.29 is 27.5 Å². The smallest absolute Gasteiger partial charge is 0.446 e. The minimum absolute atomic E-state index is 0.0326. The van der Waals surface area contributed by atoms with Crippen LogP contribution < -0.4 is 5.63 Å². The average molecular weight is 356 g/mol. The van der Waals surface area contributed by atoms with Gasteiger partial charge in [-0.25, -0.2) is 4.79 Å². The fraction of sp³-hybridized carbons (Fsp3) is 0.125. The van der Waals surface area contributed by atoms with Crippen molar-refractivity contribution in [3.63, 3.8) is 0 Å². The van der Waals surface area contributed by atoms with E-state index in [1.54, 1.807) is 0 Å². The van der Waals surface area contributed by atoms with Gasteiger partial charge in [0.05, 0.1) is 0 Å². The molecule has 0 aliphatic carbocycles. The third kappa shape index (κ3) is 4.76. The number of benzene rings is 1. The predicted octanol–water partition coefficient (Wildman–Crippen LogP) is 4.16. The molecule has 8 heteroatoms. The third-order valence-corrected chi connectivity index (χ3v) is 3.54. The monoisotopic (exact) mass is 356 g/mol. The van der Waals surface area contributed by atoms with Crippen molar-refractivity contribution >= 4 is 23.6 Å². The molecule has 2 aromatic rings. The highest BCUT2D eigenvalue weighted by molar-refractivity contribution is 8.00. The van der Waals surface area contributed by atoms with Crippen molar-refractivity contribution in [3.05, 3.63) is 63.7 Å². The first kappa shape index (κ1) is 17.9. The molecule has 0 saturated carbocycles. The summed E-state index contributed by atoms with van der Waals surface area (Å²) < 4.78 is 41.8. The van der Waals surface area contributed by atoms with Gasteiger partial charge in [0.25, 0.3) is 0 Å². The lowest BCUT2D eigenvalue weighted by molar-refractivity contribution is -0.0328. The number of hydrogen-bond donors (Lipinski definition) is 1. The van der Waals surface area contributed by atoms with Gasteiger partial charge in [0.15, 0.2) is 5.78 Å². The van der Waals surface area contributed by atoms with Crippen molar-refractivity contribution in [2.45, 2.75) is 17.3 Å². The maximum Gasteiger partial charge on any atom is 0.446 e. The zero-order chi connectivity index (χ0) is 17.9. The highest BCUT2D eigenvalue weighted by atomic mass is 32.2. The van der Waals surface area contributed by atoms with E-state index in [0.717, 1.165) is 12.1 Å². The van der Waals surface area contributed by atoms with Crippen LogP contribution in [0, 0.1) is 6.92 Å². The molecule has 0 radical (unpaired) electrons. The second-order valence-electron chi connectivity index (χ2n) is 4.72. The molecule has 0 fully saturated rings. The maximum atomic E-state index is 12.3. The second kappa shape index (κ2) is 6.96. The Balaban J connectivity index is 2.24. The standard InChI is InChI=1S/C16H11F3O4S/c1-9-7-13(21)14(15(22)23-9)12(20)6-5-10-3-2-4-11(8-10)24-16(17,18)19/h2-8,21H,1H3. The summed E-state index contributed by atoms with van der Waals surface area (Å²) >= 11 is -0.272. The highest BCUT2D eigenvalue weighted by Crippen LogP contribution is 2.37.